The Balaban J connectivity index is 1.86. The lowest BCUT2D eigenvalue weighted by Crippen LogP contribution is -2.50. The van der Waals surface area contributed by atoms with Gasteiger partial charge < -0.3 is 9.63 Å². The summed E-state index contributed by atoms with van der Waals surface area (Å²) in [5, 5.41) is 16.5. The molecule has 5 heteroatoms. The summed E-state index contributed by atoms with van der Waals surface area (Å²) in [6.07, 6.45) is 7.05. The maximum absolute atomic E-state index is 11.2. The van der Waals surface area contributed by atoms with E-state index in [9.17, 15) is 9.90 Å². The van der Waals surface area contributed by atoms with Gasteiger partial charge in [-0.25, -0.2) is 0 Å². The fraction of sp³-hybridized carbons (Fsp3) is 0.692. The molecule has 18 heavy (non-hydrogen) atoms. The summed E-state index contributed by atoms with van der Waals surface area (Å²) in [5.41, 5.74) is 0.845. The van der Waals surface area contributed by atoms with E-state index in [1.165, 1.54) is 12.8 Å². The molecule has 0 amide bonds. The molecule has 2 heterocycles. The summed E-state index contributed by atoms with van der Waals surface area (Å²) < 4.78 is 4.91. The van der Waals surface area contributed by atoms with E-state index in [0.717, 1.165) is 25.0 Å². The van der Waals surface area contributed by atoms with Gasteiger partial charge in [-0.2, -0.15) is 0 Å². The van der Waals surface area contributed by atoms with Crippen LogP contribution >= 0.6 is 0 Å². The first-order valence-corrected chi connectivity index (χ1v) is 6.65. The van der Waals surface area contributed by atoms with Crippen molar-refractivity contribution in [1.82, 2.24) is 10.5 Å². The second kappa shape index (κ2) is 4.72. The first-order chi connectivity index (χ1) is 8.75. The monoisotopic (exact) mass is 250 g/mol. The van der Waals surface area contributed by atoms with Gasteiger partial charge >= 0.3 is 5.97 Å². The van der Waals surface area contributed by atoms with Crippen molar-refractivity contribution in [2.75, 3.05) is 0 Å². The fourth-order valence-corrected chi connectivity index (χ4v) is 3.54. The van der Waals surface area contributed by atoms with Crippen molar-refractivity contribution in [3.63, 3.8) is 0 Å². The van der Waals surface area contributed by atoms with E-state index in [4.69, 9.17) is 4.52 Å². The summed E-state index contributed by atoms with van der Waals surface area (Å²) in [7, 11) is 0. The van der Waals surface area contributed by atoms with Crippen LogP contribution in [0.1, 0.15) is 43.8 Å². The summed E-state index contributed by atoms with van der Waals surface area (Å²) in [5.74, 6) is 0.245. The molecule has 0 spiro atoms. The normalized spacial score (nSPS) is 36.0. The third kappa shape index (κ3) is 2.03. The van der Waals surface area contributed by atoms with Crippen molar-refractivity contribution < 1.29 is 14.4 Å². The standard InChI is InChI=1S/C13H18N2O3/c16-13(17)11-7-8-3-1-2-4-9(8)12(14-11)10-5-6-18-15-10/h5-6,8-9,11-12,14H,1-4,7H2,(H,16,17). The van der Waals surface area contributed by atoms with E-state index in [2.05, 4.69) is 10.5 Å². The van der Waals surface area contributed by atoms with Gasteiger partial charge in [0.2, 0.25) is 0 Å². The van der Waals surface area contributed by atoms with E-state index in [1.807, 2.05) is 6.07 Å². The van der Waals surface area contributed by atoms with Crippen LogP contribution in [0.4, 0.5) is 0 Å². The third-order valence-corrected chi connectivity index (χ3v) is 4.39. The molecule has 1 saturated heterocycles. The summed E-state index contributed by atoms with van der Waals surface area (Å²) in [6, 6.07) is 1.42. The average Bonchev–Trinajstić information content (AvgIpc) is 2.91. The molecular weight excluding hydrogens is 232 g/mol. The molecule has 2 aliphatic rings. The van der Waals surface area contributed by atoms with Gasteiger partial charge in [-0.3, -0.25) is 10.1 Å². The zero-order chi connectivity index (χ0) is 12.5. The van der Waals surface area contributed by atoms with Crippen molar-refractivity contribution in [1.29, 1.82) is 0 Å². The molecule has 1 aliphatic heterocycles. The lowest BCUT2D eigenvalue weighted by Gasteiger charge is -2.43. The minimum Gasteiger partial charge on any atom is -0.480 e. The first kappa shape index (κ1) is 11.7. The summed E-state index contributed by atoms with van der Waals surface area (Å²) >= 11 is 0. The number of nitrogens with one attached hydrogen (secondary N) is 1. The minimum absolute atomic E-state index is 0.0314. The number of aliphatic carboxylic acids is 1. The molecule has 4 unspecified atom stereocenters. The third-order valence-electron chi connectivity index (χ3n) is 4.39. The van der Waals surface area contributed by atoms with Gasteiger partial charge in [-0.05, 0) is 24.7 Å². The van der Waals surface area contributed by atoms with Crippen LogP contribution in [-0.4, -0.2) is 22.3 Å². The van der Waals surface area contributed by atoms with Crippen LogP contribution in [-0.2, 0) is 4.79 Å². The number of carboxylic acids is 1. The number of carbonyl (C=O) groups is 1. The van der Waals surface area contributed by atoms with Crippen molar-refractivity contribution in [3.05, 3.63) is 18.0 Å². The molecule has 4 atom stereocenters. The largest absolute Gasteiger partial charge is 0.480 e. The van der Waals surface area contributed by atoms with Crippen LogP contribution < -0.4 is 5.32 Å². The molecule has 1 aromatic rings. The highest BCUT2D eigenvalue weighted by molar-refractivity contribution is 5.73. The quantitative estimate of drug-likeness (QED) is 0.839. The number of rotatable bonds is 2. The Morgan fingerprint density at radius 1 is 1.44 bits per heavy atom. The number of nitrogens with zero attached hydrogens (tertiary/aromatic N) is 1. The van der Waals surface area contributed by atoms with Crippen LogP contribution in [0.2, 0.25) is 0 Å². The van der Waals surface area contributed by atoms with Crippen molar-refractivity contribution in [3.8, 4) is 0 Å². The fourth-order valence-electron chi connectivity index (χ4n) is 3.54. The van der Waals surface area contributed by atoms with Crippen LogP contribution in [0.15, 0.2) is 16.9 Å². The average molecular weight is 250 g/mol. The second-order valence-electron chi connectivity index (χ2n) is 5.40. The molecule has 3 rings (SSSR count). The van der Waals surface area contributed by atoms with Crippen molar-refractivity contribution in [2.45, 2.75) is 44.2 Å². The van der Waals surface area contributed by atoms with Crippen molar-refractivity contribution >= 4 is 5.97 Å². The van der Waals surface area contributed by atoms with Gasteiger partial charge in [0.15, 0.2) is 0 Å². The van der Waals surface area contributed by atoms with Crippen LogP contribution in [0.3, 0.4) is 0 Å². The predicted octanol–water partition coefficient (Wildman–Crippen LogP) is 1.97. The molecule has 5 nitrogen and oxygen atoms in total. The topological polar surface area (TPSA) is 75.4 Å². The zero-order valence-corrected chi connectivity index (χ0v) is 10.2. The Bertz CT molecular complexity index is 418. The van der Waals surface area contributed by atoms with E-state index in [0.29, 0.717) is 11.8 Å². The molecule has 0 aromatic carbocycles. The molecule has 0 bridgehead atoms. The Kier molecular flexibility index (Phi) is 3.07. The number of fused-ring (bicyclic) bond motifs is 1. The second-order valence-corrected chi connectivity index (χ2v) is 5.40. The minimum atomic E-state index is -0.757. The first-order valence-electron chi connectivity index (χ1n) is 6.65. The number of piperidine rings is 1. The van der Waals surface area contributed by atoms with E-state index in [-0.39, 0.29) is 6.04 Å². The molecule has 1 saturated carbocycles. The molecule has 2 N–H and O–H groups in total. The van der Waals surface area contributed by atoms with E-state index >= 15 is 0 Å². The Labute approximate surface area is 106 Å². The SMILES string of the molecule is O=C(O)C1CC2CCCCC2C(c2ccon2)N1. The van der Waals surface area contributed by atoms with Gasteiger partial charge in [0.1, 0.15) is 18.0 Å². The Morgan fingerprint density at radius 3 is 3.00 bits per heavy atom. The molecule has 2 fully saturated rings. The summed E-state index contributed by atoms with van der Waals surface area (Å²) in [6.45, 7) is 0. The number of aromatic nitrogens is 1. The van der Waals surface area contributed by atoms with E-state index in [1.54, 1.807) is 6.26 Å². The smallest absolute Gasteiger partial charge is 0.320 e. The molecule has 98 valence electrons. The number of carboxylic acid groups (broad SMARTS) is 1. The Hall–Kier alpha value is -1.36. The Morgan fingerprint density at radius 2 is 2.28 bits per heavy atom. The highest BCUT2D eigenvalue weighted by atomic mass is 16.5. The van der Waals surface area contributed by atoms with Gasteiger partial charge in [-0.15, -0.1) is 0 Å². The van der Waals surface area contributed by atoms with Crippen LogP contribution in [0, 0.1) is 11.8 Å². The highest BCUT2D eigenvalue weighted by Crippen LogP contribution is 2.43. The lowest BCUT2D eigenvalue weighted by molar-refractivity contribution is -0.142. The van der Waals surface area contributed by atoms with Crippen molar-refractivity contribution in [2.24, 2.45) is 11.8 Å². The van der Waals surface area contributed by atoms with Crippen LogP contribution in [0.5, 0.6) is 0 Å². The van der Waals surface area contributed by atoms with Gasteiger partial charge in [0.25, 0.3) is 0 Å². The molecule has 1 aliphatic carbocycles. The summed E-state index contributed by atoms with van der Waals surface area (Å²) in [4.78, 5) is 11.2. The zero-order valence-electron chi connectivity index (χ0n) is 10.2. The maximum Gasteiger partial charge on any atom is 0.320 e. The molecule has 1 aromatic heterocycles. The lowest BCUT2D eigenvalue weighted by atomic mass is 9.69. The molecule has 0 radical (unpaired) electrons. The number of hydrogen-bond acceptors (Lipinski definition) is 4. The van der Waals surface area contributed by atoms with Gasteiger partial charge in [0, 0.05) is 6.07 Å². The predicted molar refractivity (Wildman–Crippen MR) is 63.9 cm³/mol. The molecular formula is C13H18N2O3. The van der Waals surface area contributed by atoms with Gasteiger partial charge in [0.05, 0.1) is 6.04 Å². The van der Waals surface area contributed by atoms with Crippen LogP contribution in [0.25, 0.3) is 0 Å². The number of hydrogen-bond donors (Lipinski definition) is 2. The maximum atomic E-state index is 11.2. The van der Waals surface area contributed by atoms with Gasteiger partial charge in [-0.1, -0.05) is 24.4 Å². The van der Waals surface area contributed by atoms with E-state index < -0.39 is 12.0 Å². The highest BCUT2D eigenvalue weighted by Gasteiger charge is 2.42.